The summed E-state index contributed by atoms with van der Waals surface area (Å²) in [5.41, 5.74) is 1.49. The lowest BCUT2D eigenvalue weighted by atomic mass is 9.86. The van der Waals surface area contributed by atoms with Gasteiger partial charge in [0.25, 0.3) is 0 Å². The second kappa shape index (κ2) is 9.14. The van der Waals surface area contributed by atoms with Crippen molar-refractivity contribution in [2.75, 3.05) is 13.1 Å². The van der Waals surface area contributed by atoms with Gasteiger partial charge >= 0.3 is 0 Å². The minimum Gasteiger partial charge on any atom is -0.316 e. The van der Waals surface area contributed by atoms with E-state index < -0.39 is 0 Å². The van der Waals surface area contributed by atoms with Gasteiger partial charge in [-0.15, -0.1) is 0 Å². The Bertz CT molecular complexity index is 314. The molecule has 0 heterocycles. The molecule has 1 heteroatoms. The van der Waals surface area contributed by atoms with Gasteiger partial charge in [-0.05, 0) is 36.3 Å². The number of benzene rings is 1. The van der Waals surface area contributed by atoms with Gasteiger partial charge in [0, 0.05) is 6.54 Å². The van der Waals surface area contributed by atoms with Crippen molar-refractivity contribution < 1.29 is 0 Å². The average Bonchev–Trinajstić information content (AvgIpc) is 2.43. The quantitative estimate of drug-likeness (QED) is 0.670. The monoisotopic (exact) mass is 261 g/mol. The van der Waals surface area contributed by atoms with Crippen molar-refractivity contribution >= 4 is 0 Å². The smallest absolute Gasteiger partial charge is 0.00203 e. The Morgan fingerprint density at radius 2 is 1.58 bits per heavy atom. The van der Waals surface area contributed by atoms with Crippen LogP contribution in [0.2, 0.25) is 0 Å². The Kier molecular flexibility index (Phi) is 7.81. The average molecular weight is 261 g/mol. The third kappa shape index (κ3) is 6.24. The van der Waals surface area contributed by atoms with Crippen molar-refractivity contribution in [2.45, 2.75) is 52.9 Å². The van der Waals surface area contributed by atoms with Crippen molar-refractivity contribution in [1.82, 2.24) is 5.32 Å². The van der Waals surface area contributed by atoms with Crippen LogP contribution < -0.4 is 5.32 Å². The first-order chi connectivity index (χ1) is 9.17. The van der Waals surface area contributed by atoms with Gasteiger partial charge in [0.15, 0.2) is 0 Å². The Balaban J connectivity index is 2.62. The molecule has 0 fully saturated rings. The lowest BCUT2D eigenvalue weighted by Gasteiger charge is -2.23. The molecule has 0 radical (unpaired) electrons. The molecule has 0 aliphatic heterocycles. The molecule has 1 rings (SSSR count). The molecule has 0 saturated heterocycles. The molecular weight excluding hydrogens is 230 g/mol. The fourth-order valence-electron chi connectivity index (χ4n) is 2.63. The molecule has 1 N–H and O–H groups in total. The summed E-state index contributed by atoms with van der Waals surface area (Å²) in [6.07, 6.45) is 3.90. The summed E-state index contributed by atoms with van der Waals surface area (Å²) in [4.78, 5) is 0. The van der Waals surface area contributed by atoms with Crippen LogP contribution in [0, 0.1) is 11.8 Å². The van der Waals surface area contributed by atoms with E-state index in [0.717, 1.165) is 24.9 Å². The summed E-state index contributed by atoms with van der Waals surface area (Å²) >= 11 is 0. The summed E-state index contributed by atoms with van der Waals surface area (Å²) in [6, 6.07) is 11.0. The zero-order chi connectivity index (χ0) is 14.1. The van der Waals surface area contributed by atoms with Crippen molar-refractivity contribution in [1.29, 1.82) is 0 Å². The highest BCUT2D eigenvalue weighted by Gasteiger charge is 2.15. The highest BCUT2D eigenvalue weighted by Crippen LogP contribution is 2.26. The topological polar surface area (TPSA) is 12.0 Å². The summed E-state index contributed by atoms with van der Waals surface area (Å²) in [5.74, 6) is 2.24. The van der Waals surface area contributed by atoms with Crippen molar-refractivity contribution in [2.24, 2.45) is 11.8 Å². The molecule has 0 saturated carbocycles. The van der Waals surface area contributed by atoms with E-state index in [-0.39, 0.29) is 0 Å². The van der Waals surface area contributed by atoms with Crippen LogP contribution in [0.5, 0.6) is 0 Å². The minimum atomic E-state index is 0.657. The van der Waals surface area contributed by atoms with E-state index in [0.29, 0.717) is 5.92 Å². The van der Waals surface area contributed by atoms with E-state index in [1.165, 1.54) is 24.8 Å². The van der Waals surface area contributed by atoms with Gasteiger partial charge in [-0.25, -0.2) is 0 Å². The van der Waals surface area contributed by atoms with Gasteiger partial charge in [-0.3, -0.25) is 0 Å². The number of hydrogen-bond acceptors (Lipinski definition) is 1. The number of hydrogen-bond donors (Lipinski definition) is 1. The van der Waals surface area contributed by atoms with Crippen LogP contribution in [-0.4, -0.2) is 13.1 Å². The van der Waals surface area contributed by atoms with E-state index in [1.807, 2.05) is 0 Å². The maximum Gasteiger partial charge on any atom is 0.00203 e. The van der Waals surface area contributed by atoms with Gasteiger partial charge < -0.3 is 5.32 Å². The molecule has 0 aliphatic rings. The highest BCUT2D eigenvalue weighted by atomic mass is 14.9. The molecule has 0 aromatic heterocycles. The third-order valence-electron chi connectivity index (χ3n) is 3.99. The lowest BCUT2D eigenvalue weighted by molar-refractivity contribution is 0.392. The maximum absolute atomic E-state index is 3.64. The molecule has 0 aliphatic carbocycles. The number of rotatable bonds is 9. The van der Waals surface area contributed by atoms with Crippen LogP contribution in [0.15, 0.2) is 30.3 Å². The SMILES string of the molecule is CCC(CC)CC(CNCC(C)C)c1ccccc1. The zero-order valence-corrected chi connectivity index (χ0v) is 13.2. The van der Waals surface area contributed by atoms with Gasteiger partial charge in [0.1, 0.15) is 0 Å². The number of nitrogens with one attached hydrogen (secondary N) is 1. The van der Waals surface area contributed by atoms with E-state index in [1.54, 1.807) is 0 Å². The third-order valence-corrected chi connectivity index (χ3v) is 3.99. The van der Waals surface area contributed by atoms with Gasteiger partial charge in [0.05, 0.1) is 0 Å². The molecule has 1 atom stereocenters. The first-order valence-corrected chi connectivity index (χ1v) is 7.92. The molecule has 1 aromatic rings. The van der Waals surface area contributed by atoms with E-state index in [9.17, 15) is 0 Å². The molecule has 0 bridgehead atoms. The second-order valence-corrected chi connectivity index (χ2v) is 6.08. The largest absolute Gasteiger partial charge is 0.316 e. The summed E-state index contributed by atoms with van der Waals surface area (Å²) in [6.45, 7) is 11.4. The maximum atomic E-state index is 3.64. The summed E-state index contributed by atoms with van der Waals surface area (Å²) in [7, 11) is 0. The van der Waals surface area contributed by atoms with Crippen LogP contribution in [-0.2, 0) is 0 Å². The lowest BCUT2D eigenvalue weighted by Crippen LogP contribution is -2.26. The first kappa shape index (κ1) is 16.2. The molecule has 19 heavy (non-hydrogen) atoms. The van der Waals surface area contributed by atoms with Gasteiger partial charge in [-0.2, -0.15) is 0 Å². The predicted molar refractivity (Wildman–Crippen MR) is 85.6 cm³/mol. The molecule has 0 amide bonds. The van der Waals surface area contributed by atoms with Crippen LogP contribution in [0.1, 0.15) is 58.4 Å². The van der Waals surface area contributed by atoms with Crippen LogP contribution in [0.3, 0.4) is 0 Å². The minimum absolute atomic E-state index is 0.657. The highest BCUT2D eigenvalue weighted by molar-refractivity contribution is 5.20. The molecule has 108 valence electrons. The predicted octanol–water partition coefficient (Wildman–Crippen LogP) is 4.84. The van der Waals surface area contributed by atoms with Crippen molar-refractivity contribution in [3.05, 3.63) is 35.9 Å². The first-order valence-electron chi connectivity index (χ1n) is 7.92. The zero-order valence-electron chi connectivity index (χ0n) is 13.2. The van der Waals surface area contributed by atoms with Gasteiger partial charge in [-0.1, -0.05) is 70.9 Å². The van der Waals surface area contributed by atoms with Crippen LogP contribution in [0.25, 0.3) is 0 Å². The standard InChI is InChI=1S/C18H31N/c1-5-16(6-2)12-18(14-19-13-15(3)4)17-10-8-7-9-11-17/h7-11,15-16,18-19H,5-6,12-14H2,1-4H3. The fraction of sp³-hybridized carbons (Fsp3) is 0.667. The fourth-order valence-corrected chi connectivity index (χ4v) is 2.63. The molecule has 1 unspecified atom stereocenters. The van der Waals surface area contributed by atoms with E-state index >= 15 is 0 Å². The summed E-state index contributed by atoms with van der Waals surface area (Å²) < 4.78 is 0. The van der Waals surface area contributed by atoms with Crippen LogP contribution in [0.4, 0.5) is 0 Å². The molecule has 1 nitrogen and oxygen atoms in total. The molecule has 1 aromatic carbocycles. The normalized spacial score (nSPS) is 13.2. The van der Waals surface area contributed by atoms with E-state index in [2.05, 4.69) is 63.3 Å². The second-order valence-electron chi connectivity index (χ2n) is 6.08. The van der Waals surface area contributed by atoms with Crippen molar-refractivity contribution in [3.8, 4) is 0 Å². The van der Waals surface area contributed by atoms with E-state index in [4.69, 9.17) is 0 Å². The Labute approximate surface area is 119 Å². The van der Waals surface area contributed by atoms with Crippen molar-refractivity contribution in [3.63, 3.8) is 0 Å². The molecular formula is C18H31N. The van der Waals surface area contributed by atoms with Gasteiger partial charge in [0.2, 0.25) is 0 Å². The molecule has 0 spiro atoms. The Hall–Kier alpha value is -0.820. The Morgan fingerprint density at radius 3 is 2.11 bits per heavy atom. The summed E-state index contributed by atoms with van der Waals surface area (Å²) in [5, 5.41) is 3.64. The Morgan fingerprint density at radius 1 is 0.947 bits per heavy atom. The van der Waals surface area contributed by atoms with Crippen LogP contribution >= 0.6 is 0 Å².